The number of anilines is 4. The van der Waals surface area contributed by atoms with Gasteiger partial charge in [0.25, 0.3) is 0 Å². The second-order valence-corrected chi connectivity index (χ2v) is 7.16. The summed E-state index contributed by atoms with van der Waals surface area (Å²) in [5.41, 5.74) is 6.72. The van der Waals surface area contributed by atoms with Gasteiger partial charge in [0.2, 0.25) is 0 Å². The molecule has 2 aromatic heterocycles. The molecule has 0 radical (unpaired) electrons. The highest BCUT2D eigenvalue weighted by Gasteiger charge is 2.36. The topological polar surface area (TPSA) is 85.5 Å². The number of nitrogen functional groups attached to an aromatic ring is 1. The van der Waals surface area contributed by atoms with Gasteiger partial charge in [0, 0.05) is 42.8 Å². The summed E-state index contributed by atoms with van der Waals surface area (Å²) in [6.07, 6.45) is -0.961. The lowest BCUT2D eigenvalue weighted by Crippen LogP contribution is -2.36. The Morgan fingerprint density at radius 1 is 1.16 bits per heavy atom. The number of hydrogen-bond acceptors (Lipinski definition) is 7. The highest BCUT2D eigenvalue weighted by Crippen LogP contribution is 2.46. The number of nitrogens with one attached hydrogen (secondary N) is 1. The van der Waals surface area contributed by atoms with Crippen LogP contribution in [0.5, 0.6) is 5.75 Å². The van der Waals surface area contributed by atoms with E-state index in [0.717, 1.165) is 11.9 Å². The molecule has 1 aliphatic heterocycles. The molecule has 1 aliphatic rings. The Kier molecular flexibility index (Phi) is 6.04. The van der Waals surface area contributed by atoms with Crippen LogP contribution < -0.4 is 20.7 Å². The number of benzene rings is 1. The van der Waals surface area contributed by atoms with Gasteiger partial charge < -0.3 is 25.4 Å². The molecule has 3 N–H and O–H groups in total. The lowest BCUT2D eigenvalue weighted by atomic mass is 9.99. The fourth-order valence-corrected chi connectivity index (χ4v) is 3.63. The zero-order chi connectivity index (χ0) is 22.7. The molecule has 0 atom stereocenters. The molecule has 0 unspecified atom stereocenters. The van der Waals surface area contributed by atoms with Crippen LogP contribution in [0.4, 0.5) is 36.1 Å². The van der Waals surface area contributed by atoms with Crippen LogP contribution in [0.15, 0.2) is 48.9 Å². The molecule has 0 amide bonds. The van der Waals surface area contributed by atoms with E-state index in [0.29, 0.717) is 43.3 Å². The molecule has 0 saturated carbocycles. The SMILES string of the molecule is COc1cc(N2CCOCC2)ccc1-c1c(N)ncc(C(F)(F)F)c1Nc1cccnc1. The number of morpholine rings is 1. The predicted octanol–water partition coefficient (Wildman–Crippen LogP) is 4.33. The summed E-state index contributed by atoms with van der Waals surface area (Å²) >= 11 is 0. The van der Waals surface area contributed by atoms with Crippen molar-refractivity contribution in [3.05, 3.63) is 54.5 Å². The van der Waals surface area contributed by atoms with E-state index in [-0.39, 0.29) is 17.1 Å². The van der Waals surface area contributed by atoms with Crippen molar-refractivity contribution in [2.45, 2.75) is 6.18 Å². The molecule has 7 nitrogen and oxygen atoms in total. The van der Waals surface area contributed by atoms with E-state index in [4.69, 9.17) is 15.2 Å². The Balaban J connectivity index is 1.87. The van der Waals surface area contributed by atoms with E-state index >= 15 is 0 Å². The van der Waals surface area contributed by atoms with Gasteiger partial charge in [-0.1, -0.05) is 0 Å². The second kappa shape index (κ2) is 8.91. The van der Waals surface area contributed by atoms with Gasteiger partial charge in [-0.3, -0.25) is 4.98 Å². The van der Waals surface area contributed by atoms with Crippen molar-refractivity contribution in [2.24, 2.45) is 0 Å². The summed E-state index contributed by atoms with van der Waals surface area (Å²) in [5, 5.41) is 2.83. The minimum atomic E-state index is -4.65. The van der Waals surface area contributed by atoms with Crippen molar-refractivity contribution in [1.82, 2.24) is 9.97 Å². The van der Waals surface area contributed by atoms with Crippen LogP contribution in [-0.4, -0.2) is 43.4 Å². The monoisotopic (exact) mass is 445 g/mol. The van der Waals surface area contributed by atoms with E-state index < -0.39 is 11.7 Å². The first-order valence-corrected chi connectivity index (χ1v) is 9.92. The fraction of sp³-hybridized carbons (Fsp3) is 0.273. The summed E-state index contributed by atoms with van der Waals surface area (Å²) < 4.78 is 52.6. The molecule has 3 aromatic rings. The first kappa shape index (κ1) is 21.7. The van der Waals surface area contributed by atoms with E-state index in [9.17, 15) is 13.2 Å². The minimum absolute atomic E-state index is 0.0539. The maximum absolute atomic E-state index is 13.9. The number of pyridine rings is 2. The third-order valence-electron chi connectivity index (χ3n) is 5.18. The quantitative estimate of drug-likeness (QED) is 0.605. The van der Waals surface area contributed by atoms with E-state index in [1.54, 1.807) is 24.3 Å². The van der Waals surface area contributed by atoms with Crippen molar-refractivity contribution in [1.29, 1.82) is 0 Å². The minimum Gasteiger partial charge on any atom is -0.496 e. The molecular formula is C22H22F3N5O2. The van der Waals surface area contributed by atoms with Crippen LogP contribution in [0.2, 0.25) is 0 Å². The number of rotatable bonds is 5. The number of hydrogen-bond donors (Lipinski definition) is 2. The Bertz CT molecular complexity index is 1090. The maximum atomic E-state index is 13.9. The first-order chi connectivity index (χ1) is 15.4. The van der Waals surface area contributed by atoms with E-state index in [1.807, 2.05) is 6.07 Å². The summed E-state index contributed by atoms with van der Waals surface area (Å²) in [7, 11) is 1.47. The molecule has 1 aromatic carbocycles. The van der Waals surface area contributed by atoms with Gasteiger partial charge in [-0.05, 0) is 24.3 Å². The average Bonchev–Trinajstić information content (AvgIpc) is 2.79. The molecular weight excluding hydrogens is 423 g/mol. The molecule has 1 saturated heterocycles. The summed E-state index contributed by atoms with van der Waals surface area (Å²) in [6, 6.07) is 8.56. The van der Waals surface area contributed by atoms with Gasteiger partial charge in [-0.25, -0.2) is 4.98 Å². The van der Waals surface area contributed by atoms with Crippen molar-refractivity contribution in [3.63, 3.8) is 0 Å². The van der Waals surface area contributed by atoms with Gasteiger partial charge in [0.1, 0.15) is 11.6 Å². The fourth-order valence-electron chi connectivity index (χ4n) is 3.63. The summed E-state index contributed by atoms with van der Waals surface area (Å²) in [6.45, 7) is 2.63. The third kappa shape index (κ3) is 4.40. The van der Waals surface area contributed by atoms with Gasteiger partial charge in [-0.15, -0.1) is 0 Å². The Morgan fingerprint density at radius 3 is 2.59 bits per heavy atom. The van der Waals surface area contributed by atoms with Crippen LogP contribution >= 0.6 is 0 Å². The molecule has 0 bridgehead atoms. The van der Waals surface area contributed by atoms with Gasteiger partial charge in [0.15, 0.2) is 0 Å². The smallest absolute Gasteiger partial charge is 0.419 e. The van der Waals surface area contributed by atoms with E-state index in [1.165, 1.54) is 19.5 Å². The molecule has 10 heteroatoms. The van der Waals surface area contributed by atoms with Crippen LogP contribution in [0.25, 0.3) is 11.1 Å². The third-order valence-corrected chi connectivity index (χ3v) is 5.18. The van der Waals surface area contributed by atoms with Crippen LogP contribution in [0, 0.1) is 0 Å². The Labute approximate surface area is 183 Å². The zero-order valence-corrected chi connectivity index (χ0v) is 17.3. The molecule has 1 fully saturated rings. The molecule has 168 valence electrons. The van der Waals surface area contributed by atoms with Crippen molar-refractivity contribution < 1.29 is 22.6 Å². The summed E-state index contributed by atoms with van der Waals surface area (Å²) in [4.78, 5) is 9.92. The number of nitrogens with zero attached hydrogens (tertiary/aromatic N) is 3. The van der Waals surface area contributed by atoms with Crippen LogP contribution in [-0.2, 0) is 10.9 Å². The average molecular weight is 445 g/mol. The normalized spacial score (nSPS) is 14.3. The lowest BCUT2D eigenvalue weighted by molar-refractivity contribution is -0.137. The highest BCUT2D eigenvalue weighted by molar-refractivity contribution is 5.92. The Morgan fingerprint density at radius 2 is 1.94 bits per heavy atom. The zero-order valence-electron chi connectivity index (χ0n) is 17.3. The van der Waals surface area contributed by atoms with Crippen molar-refractivity contribution in [3.8, 4) is 16.9 Å². The standard InChI is InChI=1S/C22H22F3N5O2/c1-31-18-11-15(30-7-9-32-10-8-30)4-5-16(18)19-20(29-14-3-2-6-27-12-14)17(22(23,24)25)13-28-21(19)26/h2-6,11-13H,7-10H2,1H3,(H3,26,28,29). The molecule has 0 aliphatic carbocycles. The second-order valence-electron chi connectivity index (χ2n) is 7.16. The number of methoxy groups -OCH3 is 1. The number of ether oxygens (including phenoxy) is 2. The Hall–Kier alpha value is -3.53. The molecule has 3 heterocycles. The maximum Gasteiger partial charge on any atom is 0.419 e. The molecule has 0 spiro atoms. The molecule has 4 rings (SSSR count). The van der Waals surface area contributed by atoms with Crippen LogP contribution in [0.1, 0.15) is 5.56 Å². The van der Waals surface area contributed by atoms with Gasteiger partial charge in [-0.2, -0.15) is 13.2 Å². The number of nitrogens with two attached hydrogens (primary N) is 1. The van der Waals surface area contributed by atoms with E-state index in [2.05, 4.69) is 20.2 Å². The largest absolute Gasteiger partial charge is 0.496 e. The lowest BCUT2D eigenvalue weighted by Gasteiger charge is -2.29. The van der Waals surface area contributed by atoms with Crippen LogP contribution in [0.3, 0.4) is 0 Å². The first-order valence-electron chi connectivity index (χ1n) is 9.92. The van der Waals surface area contributed by atoms with Gasteiger partial charge >= 0.3 is 6.18 Å². The summed E-state index contributed by atoms with van der Waals surface area (Å²) in [5.74, 6) is 0.331. The molecule has 32 heavy (non-hydrogen) atoms. The number of aromatic nitrogens is 2. The number of halogens is 3. The highest BCUT2D eigenvalue weighted by atomic mass is 19.4. The number of alkyl halides is 3. The van der Waals surface area contributed by atoms with Crippen molar-refractivity contribution >= 4 is 22.9 Å². The van der Waals surface area contributed by atoms with Crippen molar-refractivity contribution in [2.75, 3.05) is 49.4 Å². The van der Waals surface area contributed by atoms with Gasteiger partial charge in [0.05, 0.1) is 49.0 Å². The predicted molar refractivity (Wildman–Crippen MR) is 116 cm³/mol.